The number of carboxylic acids is 1. The lowest BCUT2D eigenvalue weighted by atomic mass is 10.1. The number of fused-ring (bicyclic) bond motifs is 1. The average molecular weight is 263 g/mol. The molecule has 0 bridgehead atoms. The van der Waals surface area contributed by atoms with E-state index in [1.807, 2.05) is 12.1 Å². The zero-order valence-electron chi connectivity index (χ0n) is 10.3. The van der Waals surface area contributed by atoms with Crippen LogP contribution in [0.1, 0.15) is 16.1 Å². The van der Waals surface area contributed by atoms with E-state index in [1.54, 1.807) is 35.0 Å². The summed E-state index contributed by atoms with van der Waals surface area (Å²) < 4.78 is 1.58. The lowest BCUT2D eigenvalue weighted by molar-refractivity contribution is 0.0696. The molecule has 96 valence electrons. The van der Waals surface area contributed by atoms with Crippen molar-refractivity contribution in [3.05, 3.63) is 60.0 Å². The number of hydrogen-bond donors (Lipinski definition) is 1. The van der Waals surface area contributed by atoms with Crippen LogP contribution in [-0.4, -0.2) is 20.6 Å². The monoisotopic (exact) mass is 263 g/mol. The molecule has 2 aromatic heterocycles. The van der Waals surface area contributed by atoms with Crippen molar-refractivity contribution in [2.24, 2.45) is 0 Å². The Hall–Kier alpha value is -3.13. The lowest BCUT2D eigenvalue weighted by Gasteiger charge is -2.12. The van der Waals surface area contributed by atoms with E-state index in [4.69, 9.17) is 5.26 Å². The van der Waals surface area contributed by atoms with Crippen LogP contribution < -0.4 is 0 Å². The Morgan fingerprint density at radius 3 is 2.80 bits per heavy atom. The lowest BCUT2D eigenvalue weighted by Crippen LogP contribution is -2.08. The van der Waals surface area contributed by atoms with Gasteiger partial charge in [0.2, 0.25) is 0 Å². The first-order valence-electron chi connectivity index (χ1n) is 5.91. The third-order valence-electron chi connectivity index (χ3n) is 3.08. The molecular weight excluding hydrogens is 254 g/mol. The molecule has 0 fully saturated rings. The highest BCUT2D eigenvalue weighted by molar-refractivity contribution is 6.00. The highest BCUT2D eigenvalue weighted by atomic mass is 16.4. The van der Waals surface area contributed by atoms with Crippen molar-refractivity contribution in [2.75, 3.05) is 0 Å². The van der Waals surface area contributed by atoms with E-state index in [-0.39, 0.29) is 5.56 Å². The number of aromatic nitrogens is 2. The van der Waals surface area contributed by atoms with Crippen molar-refractivity contribution in [2.45, 2.75) is 0 Å². The fraction of sp³-hybridized carbons (Fsp3) is 0. The van der Waals surface area contributed by atoms with E-state index in [9.17, 15) is 9.90 Å². The van der Waals surface area contributed by atoms with E-state index < -0.39 is 5.97 Å². The van der Waals surface area contributed by atoms with Crippen LogP contribution >= 0.6 is 0 Å². The van der Waals surface area contributed by atoms with Gasteiger partial charge in [0, 0.05) is 17.8 Å². The smallest absolute Gasteiger partial charge is 0.339 e. The summed E-state index contributed by atoms with van der Waals surface area (Å²) in [5.74, 6) is -1.07. The molecule has 0 radical (unpaired) electrons. The zero-order valence-corrected chi connectivity index (χ0v) is 10.3. The number of carbonyl (C=O) groups is 1. The topological polar surface area (TPSA) is 78.9 Å². The highest BCUT2D eigenvalue weighted by Gasteiger charge is 2.17. The molecule has 0 saturated carbocycles. The van der Waals surface area contributed by atoms with Crippen molar-refractivity contribution < 1.29 is 9.90 Å². The van der Waals surface area contributed by atoms with Crippen LogP contribution in [-0.2, 0) is 0 Å². The molecule has 0 amide bonds. The molecule has 5 nitrogen and oxygen atoms in total. The van der Waals surface area contributed by atoms with Crippen LogP contribution in [0.3, 0.4) is 0 Å². The first-order chi connectivity index (χ1) is 9.72. The zero-order chi connectivity index (χ0) is 14.1. The maximum absolute atomic E-state index is 11.4. The molecule has 0 aliphatic carbocycles. The predicted molar refractivity (Wildman–Crippen MR) is 72.7 cm³/mol. The second kappa shape index (κ2) is 4.52. The van der Waals surface area contributed by atoms with E-state index in [2.05, 4.69) is 11.1 Å². The second-order valence-corrected chi connectivity index (χ2v) is 4.22. The van der Waals surface area contributed by atoms with Gasteiger partial charge in [0.1, 0.15) is 17.3 Å². The standard InChI is InChI=1S/C15H9N3O2/c16-8-10-4-3-7-18(10)14-11-5-1-2-6-13(11)17-9-12(14)15(19)20/h1-7,9H,(H,19,20). The first-order valence-corrected chi connectivity index (χ1v) is 5.91. The average Bonchev–Trinajstić information content (AvgIpc) is 2.93. The Morgan fingerprint density at radius 1 is 1.25 bits per heavy atom. The van der Waals surface area contributed by atoms with E-state index in [0.717, 1.165) is 0 Å². The van der Waals surface area contributed by atoms with Crippen molar-refractivity contribution in [3.8, 4) is 11.8 Å². The van der Waals surface area contributed by atoms with Gasteiger partial charge in [0.25, 0.3) is 0 Å². The molecule has 3 aromatic rings. The van der Waals surface area contributed by atoms with Gasteiger partial charge in [0.15, 0.2) is 0 Å². The number of benzene rings is 1. The fourth-order valence-corrected chi connectivity index (χ4v) is 2.21. The van der Waals surface area contributed by atoms with Crippen LogP contribution in [0, 0.1) is 11.3 Å². The minimum atomic E-state index is -1.07. The SMILES string of the molecule is N#Cc1cccn1-c1c(C(=O)O)cnc2ccccc12. The van der Waals surface area contributed by atoms with Crippen LogP contribution in [0.15, 0.2) is 48.8 Å². The molecule has 0 saturated heterocycles. The maximum atomic E-state index is 11.4. The van der Waals surface area contributed by atoms with Gasteiger partial charge < -0.3 is 9.67 Å². The molecule has 2 heterocycles. The first kappa shape index (κ1) is 11.9. The summed E-state index contributed by atoms with van der Waals surface area (Å²) in [5, 5.41) is 19.2. The number of para-hydroxylation sites is 1. The molecule has 5 heteroatoms. The molecule has 0 atom stereocenters. The molecule has 20 heavy (non-hydrogen) atoms. The summed E-state index contributed by atoms with van der Waals surface area (Å²) in [6.45, 7) is 0. The van der Waals surface area contributed by atoms with Crippen LogP contribution in [0.25, 0.3) is 16.6 Å². The van der Waals surface area contributed by atoms with Gasteiger partial charge in [-0.05, 0) is 18.2 Å². The Balaban J connectivity index is 2.46. The number of nitriles is 1. The van der Waals surface area contributed by atoms with Gasteiger partial charge in [0.05, 0.1) is 11.2 Å². The largest absolute Gasteiger partial charge is 0.478 e. The molecule has 0 aliphatic rings. The third kappa shape index (κ3) is 1.71. The summed E-state index contributed by atoms with van der Waals surface area (Å²) in [6, 6.07) is 12.7. The number of hydrogen-bond acceptors (Lipinski definition) is 3. The normalized spacial score (nSPS) is 10.3. The molecule has 0 aliphatic heterocycles. The second-order valence-electron chi connectivity index (χ2n) is 4.22. The summed E-state index contributed by atoms with van der Waals surface area (Å²) in [5.41, 5.74) is 1.59. The summed E-state index contributed by atoms with van der Waals surface area (Å²) in [4.78, 5) is 15.6. The van der Waals surface area contributed by atoms with E-state index in [1.165, 1.54) is 6.20 Å². The molecule has 1 N–H and O–H groups in total. The van der Waals surface area contributed by atoms with Crippen molar-refractivity contribution >= 4 is 16.9 Å². The summed E-state index contributed by atoms with van der Waals surface area (Å²) in [6.07, 6.45) is 2.99. The van der Waals surface area contributed by atoms with Gasteiger partial charge in [-0.2, -0.15) is 5.26 Å². The van der Waals surface area contributed by atoms with Crippen molar-refractivity contribution in [1.29, 1.82) is 5.26 Å². The summed E-state index contributed by atoms with van der Waals surface area (Å²) in [7, 11) is 0. The number of carboxylic acid groups (broad SMARTS) is 1. The fourth-order valence-electron chi connectivity index (χ4n) is 2.21. The number of pyridine rings is 1. The predicted octanol–water partition coefficient (Wildman–Crippen LogP) is 2.60. The van der Waals surface area contributed by atoms with E-state index >= 15 is 0 Å². The van der Waals surface area contributed by atoms with Gasteiger partial charge in [-0.1, -0.05) is 18.2 Å². The molecule has 0 unspecified atom stereocenters. The van der Waals surface area contributed by atoms with Gasteiger partial charge in [-0.25, -0.2) is 4.79 Å². The highest BCUT2D eigenvalue weighted by Crippen LogP contribution is 2.26. The molecular formula is C15H9N3O2. The van der Waals surface area contributed by atoms with Gasteiger partial charge >= 0.3 is 5.97 Å². The Kier molecular flexibility index (Phi) is 2.70. The number of aromatic carboxylic acids is 1. The van der Waals surface area contributed by atoms with E-state index in [0.29, 0.717) is 22.3 Å². The van der Waals surface area contributed by atoms with Gasteiger partial charge in [-0.15, -0.1) is 0 Å². The van der Waals surface area contributed by atoms with Crippen molar-refractivity contribution in [3.63, 3.8) is 0 Å². The molecule has 1 aromatic carbocycles. The minimum absolute atomic E-state index is 0.0661. The van der Waals surface area contributed by atoms with Crippen LogP contribution in [0.5, 0.6) is 0 Å². The van der Waals surface area contributed by atoms with Crippen LogP contribution in [0.4, 0.5) is 0 Å². The maximum Gasteiger partial charge on any atom is 0.339 e. The van der Waals surface area contributed by atoms with Crippen LogP contribution in [0.2, 0.25) is 0 Å². The Morgan fingerprint density at radius 2 is 2.05 bits per heavy atom. The number of nitrogens with zero attached hydrogens (tertiary/aromatic N) is 3. The Labute approximate surface area is 114 Å². The minimum Gasteiger partial charge on any atom is -0.478 e. The third-order valence-corrected chi connectivity index (χ3v) is 3.08. The quantitative estimate of drug-likeness (QED) is 0.770. The molecule has 3 rings (SSSR count). The summed E-state index contributed by atoms with van der Waals surface area (Å²) >= 11 is 0. The number of rotatable bonds is 2. The Bertz CT molecular complexity index is 859. The molecule has 0 spiro atoms. The van der Waals surface area contributed by atoms with Gasteiger partial charge in [-0.3, -0.25) is 4.98 Å². The van der Waals surface area contributed by atoms with Crippen molar-refractivity contribution in [1.82, 2.24) is 9.55 Å².